The maximum absolute atomic E-state index is 12.3. The molecule has 1 heterocycles. The van der Waals surface area contributed by atoms with E-state index in [1.807, 2.05) is 31.2 Å². The number of hydrogen-bond donors (Lipinski definition) is 1. The van der Waals surface area contributed by atoms with E-state index in [4.69, 9.17) is 0 Å². The molecule has 0 unspecified atom stereocenters. The van der Waals surface area contributed by atoms with Gasteiger partial charge in [-0.2, -0.15) is 5.10 Å². The van der Waals surface area contributed by atoms with Crippen molar-refractivity contribution >= 4 is 0 Å². The summed E-state index contributed by atoms with van der Waals surface area (Å²) < 4.78 is 1.33. The van der Waals surface area contributed by atoms with Crippen molar-refractivity contribution in [3.63, 3.8) is 0 Å². The molecule has 1 aliphatic rings. The number of benzene rings is 1. The average molecular weight is 256 g/mol. The number of hydrogen-bond acceptors (Lipinski definition) is 3. The van der Waals surface area contributed by atoms with Gasteiger partial charge in [-0.05, 0) is 30.9 Å². The number of aromatic nitrogens is 2. The van der Waals surface area contributed by atoms with Gasteiger partial charge in [0.25, 0.3) is 5.56 Å². The van der Waals surface area contributed by atoms with E-state index >= 15 is 0 Å². The second kappa shape index (κ2) is 4.23. The summed E-state index contributed by atoms with van der Waals surface area (Å²) in [5.41, 5.74) is 2.53. The molecule has 1 saturated carbocycles. The second-order valence-electron chi connectivity index (χ2n) is 5.13. The summed E-state index contributed by atoms with van der Waals surface area (Å²) in [5.74, 6) is 0.356. The first-order chi connectivity index (χ1) is 9.09. The molecule has 1 N–H and O–H groups in total. The third kappa shape index (κ3) is 1.93. The smallest absolute Gasteiger partial charge is 0.278 e. The van der Waals surface area contributed by atoms with Crippen LogP contribution in [0.3, 0.4) is 0 Å². The number of nitrogens with zero attached hydrogens (tertiary/aromatic N) is 2. The maximum Gasteiger partial charge on any atom is 0.278 e. The Morgan fingerprint density at radius 2 is 2.00 bits per heavy atom. The largest absolute Gasteiger partial charge is 0.505 e. The Bertz CT molecular complexity index is 700. The molecule has 1 fully saturated rings. The molecule has 0 amide bonds. The van der Waals surface area contributed by atoms with Gasteiger partial charge in [-0.1, -0.05) is 24.3 Å². The zero-order chi connectivity index (χ0) is 13.6. The summed E-state index contributed by atoms with van der Waals surface area (Å²) in [4.78, 5) is 12.3. The van der Waals surface area contributed by atoms with Gasteiger partial charge in [0, 0.05) is 13.0 Å². The van der Waals surface area contributed by atoms with E-state index in [2.05, 4.69) is 5.10 Å². The van der Waals surface area contributed by atoms with Gasteiger partial charge in [-0.25, -0.2) is 4.68 Å². The fourth-order valence-electron chi connectivity index (χ4n) is 2.37. The molecule has 1 aromatic carbocycles. The average Bonchev–Trinajstić information content (AvgIpc) is 3.20. The predicted octanol–water partition coefficient (Wildman–Crippen LogP) is 2.34. The zero-order valence-corrected chi connectivity index (χ0v) is 11.1. The summed E-state index contributed by atoms with van der Waals surface area (Å²) in [6.07, 6.45) is 2.07. The second-order valence-corrected chi connectivity index (χ2v) is 5.13. The van der Waals surface area contributed by atoms with Crippen LogP contribution in [-0.4, -0.2) is 14.9 Å². The van der Waals surface area contributed by atoms with Crippen molar-refractivity contribution in [2.24, 2.45) is 7.05 Å². The van der Waals surface area contributed by atoms with Crippen LogP contribution in [0.25, 0.3) is 11.1 Å². The third-order valence-electron chi connectivity index (χ3n) is 3.62. The minimum absolute atomic E-state index is 0.0555. The topological polar surface area (TPSA) is 55.1 Å². The van der Waals surface area contributed by atoms with E-state index in [9.17, 15) is 9.90 Å². The molecule has 0 saturated heterocycles. The maximum atomic E-state index is 12.3. The van der Waals surface area contributed by atoms with Crippen molar-refractivity contribution in [3.05, 3.63) is 45.9 Å². The molecule has 4 nitrogen and oxygen atoms in total. The lowest BCUT2D eigenvalue weighted by Gasteiger charge is -2.12. The molecular weight excluding hydrogens is 240 g/mol. The summed E-state index contributed by atoms with van der Waals surface area (Å²) in [7, 11) is 1.63. The number of aryl methyl sites for hydroxylation is 2. The van der Waals surface area contributed by atoms with Gasteiger partial charge < -0.3 is 5.11 Å². The lowest BCUT2D eigenvalue weighted by atomic mass is 10.00. The van der Waals surface area contributed by atoms with E-state index in [1.165, 1.54) is 4.68 Å². The van der Waals surface area contributed by atoms with Gasteiger partial charge in [0.05, 0.1) is 5.56 Å². The summed E-state index contributed by atoms with van der Waals surface area (Å²) in [6.45, 7) is 1.94. The Balaban J connectivity index is 2.31. The first-order valence-corrected chi connectivity index (χ1v) is 6.45. The minimum atomic E-state index is -0.254. The molecule has 0 atom stereocenters. The highest BCUT2D eigenvalue weighted by Gasteiger charge is 2.31. The molecule has 0 spiro atoms. The highest BCUT2D eigenvalue weighted by Crippen LogP contribution is 2.44. The van der Waals surface area contributed by atoms with Crippen molar-refractivity contribution in [2.45, 2.75) is 25.7 Å². The molecule has 3 rings (SSSR count). The molecule has 0 bridgehead atoms. The predicted molar refractivity (Wildman–Crippen MR) is 73.3 cm³/mol. The molecular formula is C15H16N2O2. The van der Waals surface area contributed by atoms with Crippen LogP contribution in [0.15, 0.2) is 29.1 Å². The Kier molecular flexibility index (Phi) is 2.66. The Morgan fingerprint density at radius 3 is 2.63 bits per heavy atom. The molecule has 0 aliphatic heterocycles. The van der Waals surface area contributed by atoms with E-state index < -0.39 is 0 Å². The SMILES string of the molecule is Cc1ccccc1-c1c(O)c(C2CC2)nn(C)c1=O. The lowest BCUT2D eigenvalue weighted by Crippen LogP contribution is -2.23. The highest BCUT2D eigenvalue weighted by molar-refractivity contribution is 5.73. The van der Waals surface area contributed by atoms with Gasteiger partial charge in [0.2, 0.25) is 0 Å². The summed E-state index contributed by atoms with van der Waals surface area (Å²) in [6, 6.07) is 7.59. The fraction of sp³-hybridized carbons (Fsp3) is 0.333. The Morgan fingerprint density at radius 1 is 1.32 bits per heavy atom. The Labute approximate surface area is 111 Å². The lowest BCUT2D eigenvalue weighted by molar-refractivity contribution is 0.456. The normalized spacial score (nSPS) is 14.6. The highest BCUT2D eigenvalue weighted by atomic mass is 16.3. The molecule has 0 radical (unpaired) electrons. The quantitative estimate of drug-likeness (QED) is 0.897. The van der Waals surface area contributed by atoms with Crippen LogP contribution >= 0.6 is 0 Å². The van der Waals surface area contributed by atoms with Crippen LogP contribution in [0.2, 0.25) is 0 Å². The first kappa shape index (κ1) is 12.0. The summed E-state index contributed by atoms with van der Waals surface area (Å²) >= 11 is 0. The molecule has 1 aliphatic carbocycles. The number of rotatable bonds is 2. The van der Waals surface area contributed by atoms with Gasteiger partial charge in [-0.15, -0.1) is 0 Å². The van der Waals surface area contributed by atoms with Gasteiger partial charge in [0.15, 0.2) is 5.75 Å². The van der Waals surface area contributed by atoms with Gasteiger partial charge in [-0.3, -0.25) is 4.79 Å². The molecule has 19 heavy (non-hydrogen) atoms. The van der Waals surface area contributed by atoms with Crippen LogP contribution in [0.1, 0.15) is 30.0 Å². The van der Waals surface area contributed by atoms with Crippen molar-refractivity contribution < 1.29 is 5.11 Å². The standard InChI is InChI=1S/C15H16N2O2/c1-9-5-3-4-6-11(9)12-14(18)13(10-7-8-10)16-17(2)15(12)19/h3-6,10,18H,7-8H2,1-2H3. The number of aromatic hydroxyl groups is 1. The molecule has 98 valence electrons. The van der Waals surface area contributed by atoms with E-state index in [-0.39, 0.29) is 11.3 Å². The van der Waals surface area contributed by atoms with E-state index in [1.54, 1.807) is 7.05 Å². The minimum Gasteiger partial charge on any atom is -0.505 e. The van der Waals surface area contributed by atoms with Gasteiger partial charge >= 0.3 is 0 Å². The van der Waals surface area contributed by atoms with Crippen LogP contribution < -0.4 is 5.56 Å². The first-order valence-electron chi connectivity index (χ1n) is 6.45. The van der Waals surface area contributed by atoms with Crippen LogP contribution in [0.5, 0.6) is 5.75 Å². The fourth-order valence-corrected chi connectivity index (χ4v) is 2.37. The Hall–Kier alpha value is -2.10. The monoisotopic (exact) mass is 256 g/mol. The van der Waals surface area contributed by atoms with Crippen molar-refractivity contribution in [1.82, 2.24) is 9.78 Å². The summed E-state index contributed by atoms with van der Waals surface area (Å²) in [5, 5.41) is 14.6. The van der Waals surface area contributed by atoms with E-state index in [0.717, 1.165) is 24.0 Å². The molecule has 2 aromatic rings. The van der Waals surface area contributed by atoms with Crippen LogP contribution in [0, 0.1) is 6.92 Å². The van der Waals surface area contributed by atoms with Crippen LogP contribution in [-0.2, 0) is 7.05 Å². The van der Waals surface area contributed by atoms with Gasteiger partial charge in [0.1, 0.15) is 5.69 Å². The molecule has 4 heteroatoms. The van der Waals surface area contributed by atoms with Crippen molar-refractivity contribution in [3.8, 4) is 16.9 Å². The third-order valence-corrected chi connectivity index (χ3v) is 3.62. The molecule has 1 aromatic heterocycles. The van der Waals surface area contributed by atoms with E-state index in [0.29, 0.717) is 17.2 Å². The van der Waals surface area contributed by atoms with Crippen molar-refractivity contribution in [1.29, 1.82) is 0 Å². The zero-order valence-electron chi connectivity index (χ0n) is 11.1. The van der Waals surface area contributed by atoms with Crippen molar-refractivity contribution in [2.75, 3.05) is 0 Å². The van der Waals surface area contributed by atoms with Crippen LogP contribution in [0.4, 0.5) is 0 Å².